The number of pyridine rings is 2. The van der Waals surface area contributed by atoms with E-state index in [0.29, 0.717) is 37.1 Å². The molecule has 3 aliphatic rings. The number of carbonyl (C=O) groups is 3. The van der Waals surface area contributed by atoms with E-state index in [4.69, 9.17) is 0 Å². The summed E-state index contributed by atoms with van der Waals surface area (Å²) in [7, 11) is 0. The van der Waals surface area contributed by atoms with E-state index in [-0.39, 0.29) is 30.6 Å². The molecular weight excluding hydrogens is 612 g/mol. The first-order valence-corrected chi connectivity index (χ1v) is 16.4. The minimum atomic E-state index is -1.52. The molecule has 3 fully saturated rings. The number of carbonyl (C=O) groups excluding carboxylic acids is 3. The Morgan fingerprint density at radius 2 is 1.58 bits per heavy atom. The summed E-state index contributed by atoms with van der Waals surface area (Å²) >= 11 is 0. The Balaban J connectivity index is 1.15. The van der Waals surface area contributed by atoms with E-state index < -0.39 is 29.7 Å². The second-order valence-corrected chi connectivity index (χ2v) is 13.5. The fraction of sp³-hybridized carbons (Fsp3) is 0.457. The largest absolute Gasteiger partial charge is 0.394 e. The number of nitrogens with zero attached hydrogens (tertiary/aromatic N) is 4. The fourth-order valence-electron chi connectivity index (χ4n) is 7.20. The molecule has 2 aromatic heterocycles. The maximum absolute atomic E-state index is 13.7. The van der Waals surface area contributed by atoms with Gasteiger partial charge in [0.2, 0.25) is 0 Å². The van der Waals surface area contributed by atoms with Crippen LogP contribution in [0.3, 0.4) is 0 Å². The van der Waals surface area contributed by atoms with Crippen LogP contribution >= 0.6 is 0 Å². The highest BCUT2D eigenvalue weighted by Gasteiger charge is 2.55. The number of urea groups is 1. The third-order valence-electron chi connectivity index (χ3n) is 9.84. The lowest BCUT2D eigenvalue weighted by Crippen LogP contribution is -2.56. The van der Waals surface area contributed by atoms with Gasteiger partial charge in [-0.3, -0.25) is 19.8 Å². The van der Waals surface area contributed by atoms with Gasteiger partial charge in [-0.15, -0.1) is 0 Å². The number of nitrogens with one attached hydrogen (secondary N) is 4. The average molecular weight is 657 g/mol. The molecule has 0 saturated carbocycles. The van der Waals surface area contributed by atoms with Gasteiger partial charge in [-0.1, -0.05) is 24.3 Å². The molecule has 0 bridgehead atoms. The number of anilines is 2. The number of rotatable bonds is 9. The van der Waals surface area contributed by atoms with Gasteiger partial charge in [0.15, 0.2) is 0 Å². The third-order valence-corrected chi connectivity index (χ3v) is 9.84. The number of aryl methyl sites for hydroxylation is 4. The van der Waals surface area contributed by atoms with Crippen LogP contribution in [0, 0.1) is 27.7 Å². The number of hydrogen-bond acceptors (Lipinski definition) is 10. The first kappa shape index (κ1) is 33.3. The number of likely N-dealkylation sites (tertiary alicyclic amines) is 1. The van der Waals surface area contributed by atoms with Gasteiger partial charge >= 0.3 is 6.03 Å². The predicted molar refractivity (Wildman–Crippen MR) is 180 cm³/mol. The van der Waals surface area contributed by atoms with Gasteiger partial charge in [-0.25, -0.2) is 14.8 Å². The summed E-state index contributed by atoms with van der Waals surface area (Å²) in [5.41, 5.74) is 3.47. The number of aliphatic hydroxyl groups excluding tert-OH is 2. The Bertz CT molecular complexity index is 1720. The van der Waals surface area contributed by atoms with Crippen molar-refractivity contribution in [3.63, 3.8) is 0 Å². The average Bonchev–Trinajstić information content (AvgIpc) is 3.75. The molecule has 3 aliphatic heterocycles. The smallest absolute Gasteiger partial charge is 0.327 e. The number of amides is 4. The fourth-order valence-corrected chi connectivity index (χ4v) is 7.20. The summed E-state index contributed by atoms with van der Waals surface area (Å²) in [5.74, 6) is 0.704. The van der Waals surface area contributed by atoms with Gasteiger partial charge in [-0.2, -0.15) is 0 Å². The van der Waals surface area contributed by atoms with Gasteiger partial charge in [0.1, 0.15) is 23.4 Å². The molecule has 3 saturated heterocycles. The second kappa shape index (κ2) is 13.1. The molecule has 4 amide bonds. The highest BCUT2D eigenvalue weighted by atomic mass is 16.3. The molecular formula is C35H44N8O5. The Hall–Kier alpha value is -4.59. The first-order valence-electron chi connectivity index (χ1n) is 16.4. The van der Waals surface area contributed by atoms with Gasteiger partial charge in [0.25, 0.3) is 11.8 Å². The molecule has 48 heavy (non-hydrogen) atoms. The van der Waals surface area contributed by atoms with Gasteiger partial charge in [-0.05, 0) is 87.4 Å². The van der Waals surface area contributed by atoms with Crippen LogP contribution in [0.4, 0.5) is 16.4 Å². The molecule has 0 radical (unpaired) electrons. The van der Waals surface area contributed by atoms with Crippen LogP contribution in [-0.4, -0.2) is 97.9 Å². The van der Waals surface area contributed by atoms with Crippen LogP contribution in [0.2, 0.25) is 0 Å². The minimum absolute atomic E-state index is 0.0446. The van der Waals surface area contributed by atoms with E-state index in [1.165, 1.54) is 4.90 Å². The summed E-state index contributed by atoms with van der Waals surface area (Å²) < 4.78 is 0. The molecule has 3 aromatic rings. The minimum Gasteiger partial charge on any atom is -0.394 e. The molecule has 5 heterocycles. The van der Waals surface area contributed by atoms with Gasteiger partial charge < -0.3 is 31.1 Å². The predicted octanol–water partition coefficient (Wildman–Crippen LogP) is 2.33. The number of hydrogen-bond donors (Lipinski definition) is 6. The molecule has 6 atom stereocenters. The number of imide groups is 1. The topological polar surface area (TPSA) is 172 Å². The Morgan fingerprint density at radius 3 is 2.17 bits per heavy atom. The standard InChI is InChI=1S/C35H44N8O5/c1-19-10-21(3)29(37-14-19)39-25-13-28(36-16-25)32(46)43-34(48)41-33(47)35(43,5)24-8-6-23(7-9-24)31(45)42-17-26(12-27(42)18-44)40-30-22(4)11-20(2)15-38-30/h6-11,14-15,25-28,32,36,44,46H,12-13,16-18H2,1-5H3,(H,37,39)(H,38,40)(H,41,47,48)/t25-,26-,27-,28-,32+,35?/m0/s1. The van der Waals surface area contributed by atoms with Crippen LogP contribution in [-0.2, 0) is 10.3 Å². The van der Waals surface area contributed by atoms with Crippen LogP contribution in [0.5, 0.6) is 0 Å². The lowest BCUT2D eigenvalue weighted by atomic mass is 9.89. The van der Waals surface area contributed by atoms with Crippen molar-refractivity contribution < 1.29 is 24.6 Å². The van der Waals surface area contributed by atoms with E-state index in [9.17, 15) is 24.6 Å². The van der Waals surface area contributed by atoms with Crippen molar-refractivity contribution in [2.24, 2.45) is 0 Å². The van der Waals surface area contributed by atoms with Crippen molar-refractivity contribution in [2.45, 2.75) is 83.4 Å². The van der Waals surface area contributed by atoms with Crippen molar-refractivity contribution in [3.8, 4) is 0 Å². The highest BCUT2D eigenvalue weighted by molar-refractivity contribution is 6.07. The highest BCUT2D eigenvalue weighted by Crippen LogP contribution is 2.36. The van der Waals surface area contributed by atoms with E-state index in [1.54, 1.807) is 48.5 Å². The van der Waals surface area contributed by atoms with E-state index in [2.05, 4.69) is 31.2 Å². The molecule has 254 valence electrons. The zero-order valence-electron chi connectivity index (χ0n) is 27.9. The lowest BCUT2D eigenvalue weighted by Gasteiger charge is -2.38. The van der Waals surface area contributed by atoms with Gasteiger partial charge in [0.05, 0.1) is 18.7 Å². The van der Waals surface area contributed by atoms with E-state index in [0.717, 1.165) is 33.9 Å². The van der Waals surface area contributed by atoms with Crippen LogP contribution in [0.15, 0.2) is 48.8 Å². The molecule has 0 spiro atoms. The summed E-state index contributed by atoms with van der Waals surface area (Å²) in [5, 5.41) is 34.1. The summed E-state index contributed by atoms with van der Waals surface area (Å²) in [6.07, 6.45) is 3.33. The zero-order valence-corrected chi connectivity index (χ0v) is 27.9. The molecule has 0 aliphatic carbocycles. The van der Waals surface area contributed by atoms with Crippen molar-refractivity contribution in [3.05, 3.63) is 82.2 Å². The maximum Gasteiger partial charge on any atom is 0.327 e. The third kappa shape index (κ3) is 6.20. The SMILES string of the molecule is Cc1cnc(N[C@@H]2CN[C@H]([C@@H](O)N3C(=O)NC(=O)C3(C)c3ccc(C(=O)N4C[C@@H](Nc5ncc(C)cc5C)C[C@H]4CO)cc3)C2)c(C)c1. The summed E-state index contributed by atoms with van der Waals surface area (Å²) in [4.78, 5) is 51.9. The Morgan fingerprint density at radius 1 is 0.979 bits per heavy atom. The number of aliphatic hydroxyl groups is 2. The molecule has 1 unspecified atom stereocenters. The summed E-state index contributed by atoms with van der Waals surface area (Å²) in [6, 6.07) is 8.92. The van der Waals surface area contributed by atoms with Crippen molar-refractivity contribution >= 4 is 29.5 Å². The summed E-state index contributed by atoms with van der Waals surface area (Å²) in [6.45, 7) is 10.3. The Kier molecular flexibility index (Phi) is 9.12. The maximum atomic E-state index is 13.7. The Labute approximate surface area is 280 Å². The normalized spacial score (nSPS) is 26.1. The first-order chi connectivity index (χ1) is 22.9. The van der Waals surface area contributed by atoms with Crippen LogP contribution in [0.1, 0.15) is 57.9 Å². The van der Waals surface area contributed by atoms with Crippen molar-refractivity contribution in [1.29, 1.82) is 0 Å². The molecule has 1 aromatic carbocycles. The molecule has 6 N–H and O–H groups in total. The van der Waals surface area contributed by atoms with Crippen molar-refractivity contribution in [1.82, 2.24) is 30.4 Å². The molecule has 13 heteroatoms. The van der Waals surface area contributed by atoms with Gasteiger partial charge in [0, 0.05) is 43.1 Å². The second-order valence-electron chi connectivity index (χ2n) is 13.5. The van der Waals surface area contributed by atoms with E-state index in [1.807, 2.05) is 39.8 Å². The van der Waals surface area contributed by atoms with Crippen LogP contribution < -0.4 is 21.3 Å². The molecule has 13 nitrogen and oxygen atoms in total. The number of aromatic nitrogens is 2. The van der Waals surface area contributed by atoms with E-state index >= 15 is 0 Å². The monoisotopic (exact) mass is 656 g/mol. The van der Waals surface area contributed by atoms with Crippen LogP contribution in [0.25, 0.3) is 0 Å². The van der Waals surface area contributed by atoms with Crippen molar-refractivity contribution in [2.75, 3.05) is 30.3 Å². The quantitative estimate of drug-likeness (QED) is 0.188. The lowest BCUT2D eigenvalue weighted by molar-refractivity contribution is -0.131. The molecule has 6 rings (SSSR count). The number of benzene rings is 1. The zero-order chi connectivity index (χ0) is 34.3.